The maximum atomic E-state index is 13.5. The first-order valence-electron chi connectivity index (χ1n) is 7.95. The molecular formula is C17H20FN5O. The van der Waals surface area contributed by atoms with E-state index in [0.29, 0.717) is 37.1 Å². The monoisotopic (exact) mass is 329 g/mol. The fraction of sp³-hybridized carbons (Fsp3) is 0.471. The van der Waals surface area contributed by atoms with Crippen molar-refractivity contribution in [1.29, 1.82) is 5.26 Å². The van der Waals surface area contributed by atoms with Crippen LogP contribution >= 0.6 is 0 Å². The molecule has 0 amide bonds. The summed E-state index contributed by atoms with van der Waals surface area (Å²) in [5, 5.41) is 28.0. The van der Waals surface area contributed by atoms with Crippen LogP contribution < -0.4 is 0 Å². The van der Waals surface area contributed by atoms with E-state index in [-0.39, 0.29) is 5.82 Å². The van der Waals surface area contributed by atoms with E-state index < -0.39 is 5.60 Å². The van der Waals surface area contributed by atoms with Crippen LogP contribution in [0.5, 0.6) is 0 Å². The number of nitriles is 1. The van der Waals surface area contributed by atoms with Gasteiger partial charge in [0.15, 0.2) is 0 Å². The third-order valence-electron chi connectivity index (χ3n) is 4.51. The predicted molar refractivity (Wildman–Crippen MR) is 85.3 cm³/mol. The van der Waals surface area contributed by atoms with E-state index in [2.05, 4.69) is 21.2 Å². The van der Waals surface area contributed by atoms with Gasteiger partial charge in [-0.05, 0) is 43.1 Å². The maximum absolute atomic E-state index is 13.5. The number of β-amino-alcohol motifs (C(OH)–C–C–N with tert-alkyl or cyclic N) is 1. The number of rotatable bonds is 4. The van der Waals surface area contributed by atoms with Crippen molar-refractivity contribution in [1.82, 2.24) is 19.7 Å². The second-order valence-electron chi connectivity index (χ2n) is 6.49. The first-order valence-corrected chi connectivity index (χ1v) is 7.95. The second-order valence-corrected chi connectivity index (χ2v) is 6.49. The molecule has 1 atom stereocenters. The number of hydrogen-bond donors (Lipinski definition) is 1. The molecule has 1 N–H and O–H groups in total. The number of likely N-dealkylation sites (tertiary alicyclic amines) is 1. The molecule has 2 aromatic rings. The largest absolute Gasteiger partial charge is 0.388 e. The SMILES string of the molecule is Cn1cnnc1CC1(O)CCCN(Cc2cc(F)ccc2C#N)C1. The van der Waals surface area contributed by atoms with Gasteiger partial charge in [0.05, 0.1) is 17.2 Å². The molecule has 0 radical (unpaired) electrons. The highest BCUT2D eigenvalue weighted by atomic mass is 19.1. The molecule has 6 nitrogen and oxygen atoms in total. The summed E-state index contributed by atoms with van der Waals surface area (Å²) in [6.07, 6.45) is 3.57. The van der Waals surface area contributed by atoms with Crippen LogP contribution in [-0.4, -0.2) is 43.5 Å². The highest BCUT2D eigenvalue weighted by Gasteiger charge is 2.34. The van der Waals surface area contributed by atoms with Crippen molar-refractivity contribution in [2.45, 2.75) is 31.4 Å². The van der Waals surface area contributed by atoms with Crippen molar-refractivity contribution >= 4 is 0 Å². The standard InChI is InChI=1S/C17H20FN5O/c1-22-12-20-21-16(22)8-17(24)5-2-6-23(11-17)10-14-7-15(18)4-3-13(14)9-19/h3-4,7,12,24H,2,5-6,8,10-11H2,1H3. The molecule has 1 unspecified atom stereocenters. The lowest BCUT2D eigenvalue weighted by molar-refractivity contribution is -0.0345. The van der Waals surface area contributed by atoms with Gasteiger partial charge in [0.2, 0.25) is 0 Å². The van der Waals surface area contributed by atoms with Crippen molar-refractivity contribution in [3.8, 4) is 6.07 Å². The Bertz CT molecular complexity index is 769. The molecule has 24 heavy (non-hydrogen) atoms. The minimum Gasteiger partial charge on any atom is -0.388 e. The summed E-state index contributed by atoms with van der Waals surface area (Å²) < 4.78 is 15.3. The van der Waals surface area contributed by atoms with Gasteiger partial charge in [-0.25, -0.2) is 4.39 Å². The Morgan fingerprint density at radius 1 is 1.46 bits per heavy atom. The van der Waals surface area contributed by atoms with Crippen molar-refractivity contribution in [3.05, 3.63) is 47.3 Å². The minimum absolute atomic E-state index is 0.352. The number of halogens is 1. The Kier molecular flexibility index (Phi) is 4.60. The quantitative estimate of drug-likeness (QED) is 0.917. The highest BCUT2D eigenvalue weighted by Crippen LogP contribution is 2.26. The molecule has 0 saturated carbocycles. The summed E-state index contributed by atoms with van der Waals surface area (Å²) in [4.78, 5) is 2.06. The van der Waals surface area contributed by atoms with Crippen LogP contribution in [0.25, 0.3) is 0 Å². The molecule has 0 aliphatic carbocycles. The number of aliphatic hydroxyl groups is 1. The molecule has 2 heterocycles. The normalized spacial score (nSPS) is 21.6. The van der Waals surface area contributed by atoms with Gasteiger partial charge in [0.25, 0.3) is 0 Å². The van der Waals surface area contributed by atoms with Gasteiger partial charge >= 0.3 is 0 Å². The summed E-state index contributed by atoms with van der Waals surface area (Å²) in [7, 11) is 1.85. The van der Waals surface area contributed by atoms with Gasteiger partial charge < -0.3 is 9.67 Å². The summed E-state index contributed by atoms with van der Waals surface area (Å²) in [6, 6.07) is 6.29. The Hall–Kier alpha value is -2.30. The zero-order valence-corrected chi connectivity index (χ0v) is 13.6. The number of aryl methyl sites for hydroxylation is 1. The summed E-state index contributed by atoms with van der Waals surface area (Å²) in [6.45, 7) is 1.71. The van der Waals surface area contributed by atoms with Crippen molar-refractivity contribution in [3.63, 3.8) is 0 Å². The minimum atomic E-state index is -0.890. The number of nitrogens with zero attached hydrogens (tertiary/aromatic N) is 5. The number of hydrogen-bond acceptors (Lipinski definition) is 5. The maximum Gasteiger partial charge on any atom is 0.135 e. The molecular weight excluding hydrogens is 309 g/mol. The van der Waals surface area contributed by atoms with E-state index in [9.17, 15) is 14.8 Å². The van der Waals surface area contributed by atoms with Crippen LogP contribution in [0, 0.1) is 17.1 Å². The van der Waals surface area contributed by atoms with Crippen LogP contribution in [0.2, 0.25) is 0 Å². The smallest absolute Gasteiger partial charge is 0.135 e. The molecule has 1 aromatic heterocycles. The molecule has 1 aliphatic rings. The number of benzene rings is 1. The molecule has 1 aromatic carbocycles. The molecule has 126 valence electrons. The highest BCUT2D eigenvalue weighted by molar-refractivity contribution is 5.37. The van der Waals surface area contributed by atoms with Gasteiger partial charge in [-0.2, -0.15) is 5.26 Å². The Labute approximate surface area is 140 Å². The van der Waals surface area contributed by atoms with Crippen molar-refractivity contribution in [2.24, 2.45) is 7.05 Å². The van der Waals surface area contributed by atoms with Gasteiger partial charge in [-0.3, -0.25) is 4.90 Å². The van der Waals surface area contributed by atoms with E-state index in [1.165, 1.54) is 18.2 Å². The number of aromatic nitrogens is 3. The van der Waals surface area contributed by atoms with Crippen LogP contribution in [0.3, 0.4) is 0 Å². The van der Waals surface area contributed by atoms with Crippen LogP contribution in [0.4, 0.5) is 4.39 Å². The lowest BCUT2D eigenvalue weighted by atomic mass is 9.89. The zero-order chi connectivity index (χ0) is 17.2. The summed E-state index contributed by atoms with van der Waals surface area (Å²) in [5.74, 6) is 0.387. The molecule has 1 aliphatic heterocycles. The Morgan fingerprint density at radius 2 is 2.29 bits per heavy atom. The average molecular weight is 329 g/mol. The summed E-state index contributed by atoms with van der Waals surface area (Å²) >= 11 is 0. The third-order valence-corrected chi connectivity index (χ3v) is 4.51. The molecule has 0 bridgehead atoms. The van der Waals surface area contributed by atoms with Crippen LogP contribution in [0.1, 0.15) is 29.8 Å². The molecule has 1 fully saturated rings. The predicted octanol–water partition coefficient (Wildman–Crippen LogP) is 1.40. The molecule has 1 saturated heterocycles. The number of piperidine rings is 1. The summed E-state index contributed by atoms with van der Waals surface area (Å²) in [5.41, 5.74) is 0.235. The average Bonchev–Trinajstić information content (AvgIpc) is 2.92. The Balaban J connectivity index is 1.73. The van der Waals surface area contributed by atoms with E-state index in [0.717, 1.165) is 18.8 Å². The van der Waals surface area contributed by atoms with Crippen molar-refractivity contribution < 1.29 is 9.50 Å². The van der Waals surface area contributed by atoms with Crippen LogP contribution in [0.15, 0.2) is 24.5 Å². The Morgan fingerprint density at radius 3 is 3.00 bits per heavy atom. The lowest BCUT2D eigenvalue weighted by Crippen LogP contribution is -2.49. The van der Waals surface area contributed by atoms with Gasteiger partial charge in [-0.1, -0.05) is 0 Å². The fourth-order valence-electron chi connectivity index (χ4n) is 3.29. The van der Waals surface area contributed by atoms with E-state index >= 15 is 0 Å². The first kappa shape index (κ1) is 16.6. The van der Waals surface area contributed by atoms with Crippen molar-refractivity contribution in [2.75, 3.05) is 13.1 Å². The first-order chi connectivity index (χ1) is 11.5. The topological polar surface area (TPSA) is 78.0 Å². The van der Waals surface area contributed by atoms with Crippen LogP contribution in [-0.2, 0) is 20.0 Å². The molecule has 0 spiro atoms. The van der Waals surface area contributed by atoms with E-state index in [1.54, 1.807) is 10.9 Å². The lowest BCUT2D eigenvalue weighted by Gasteiger charge is -2.39. The zero-order valence-electron chi connectivity index (χ0n) is 13.6. The van der Waals surface area contributed by atoms with E-state index in [1.807, 2.05) is 7.05 Å². The van der Waals surface area contributed by atoms with E-state index in [4.69, 9.17) is 0 Å². The molecule has 3 rings (SSSR count). The van der Waals surface area contributed by atoms with Gasteiger partial charge in [0, 0.05) is 26.6 Å². The van der Waals surface area contributed by atoms with Gasteiger partial charge in [-0.15, -0.1) is 10.2 Å². The fourth-order valence-corrected chi connectivity index (χ4v) is 3.29. The molecule has 7 heteroatoms. The third kappa shape index (κ3) is 3.61. The second kappa shape index (κ2) is 6.67. The van der Waals surface area contributed by atoms with Gasteiger partial charge in [0.1, 0.15) is 18.0 Å².